The molecule has 1 aliphatic rings. The molecule has 1 nitrogen and oxygen atoms in total. The quantitative estimate of drug-likeness (QED) is 0.480. The van der Waals surface area contributed by atoms with E-state index in [1.54, 1.807) is 0 Å². The van der Waals surface area contributed by atoms with Gasteiger partial charge in [-0.15, -0.1) is 0 Å². The summed E-state index contributed by atoms with van der Waals surface area (Å²) >= 11 is 0. The van der Waals surface area contributed by atoms with Crippen LogP contribution in [0.3, 0.4) is 0 Å². The predicted octanol–water partition coefficient (Wildman–Crippen LogP) is 4.81. The third-order valence-corrected chi connectivity index (χ3v) is 20.1. The Morgan fingerprint density at radius 2 is 1.44 bits per heavy atom. The predicted molar refractivity (Wildman–Crippen MR) is 89.7 cm³/mol. The molecule has 4 heteroatoms. The normalized spacial score (nSPS) is 24.4. The van der Waals surface area contributed by atoms with Gasteiger partial charge in [0.2, 0.25) is 0 Å². The second-order valence-corrected chi connectivity index (χ2v) is 21.8. The highest BCUT2D eigenvalue weighted by Crippen LogP contribution is 2.68. The maximum Gasteiger partial charge on any atom is 0.0688 e. The van der Waals surface area contributed by atoms with Crippen LogP contribution in [-0.4, -0.2) is 21.1 Å². The van der Waals surface area contributed by atoms with Crippen molar-refractivity contribution in [2.24, 2.45) is 0 Å². The van der Waals surface area contributed by atoms with Crippen LogP contribution >= 0.6 is 8.07 Å². The Balaban J connectivity index is 2.18. The summed E-state index contributed by atoms with van der Waals surface area (Å²) in [6.07, 6.45) is 0. The highest BCUT2D eigenvalue weighted by Gasteiger charge is 2.52. The Morgan fingerprint density at radius 1 is 0.944 bits per heavy atom. The maximum absolute atomic E-state index is 3.83. The second kappa shape index (κ2) is 4.86. The van der Waals surface area contributed by atoms with E-state index in [9.17, 15) is 0 Å². The summed E-state index contributed by atoms with van der Waals surface area (Å²) in [7, 11) is -2.09. The molecule has 2 atom stereocenters. The molecule has 100 valence electrons. The fraction of sp³-hybridized carbons (Fsp3) is 0.571. The minimum atomic E-state index is -1.07. The molecule has 1 heterocycles. The average Bonchev–Trinajstić information content (AvgIpc) is 2.94. The first kappa shape index (κ1) is 14.5. The number of nitrogens with one attached hydrogen (secondary N) is 1. The van der Waals surface area contributed by atoms with Gasteiger partial charge in [0.05, 0.1) is 21.9 Å². The van der Waals surface area contributed by atoms with Gasteiger partial charge in [0, 0.05) is 0 Å². The van der Waals surface area contributed by atoms with E-state index in [1.165, 1.54) is 5.56 Å². The van der Waals surface area contributed by atoms with Gasteiger partial charge in [0.15, 0.2) is 0 Å². The molecule has 2 rings (SSSR count). The summed E-state index contributed by atoms with van der Waals surface area (Å²) in [6.45, 7) is 15.3. The molecule has 18 heavy (non-hydrogen) atoms. The van der Waals surface area contributed by atoms with Crippen LogP contribution < -0.4 is 5.09 Å². The highest BCUT2D eigenvalue weighted by atomic mass is 31.1. The second-order valence-electron chi connectivity index (χ2n) is 7.48. The van der Waals surface area contributed by atoms with Gasteiger partial charge in [0.25, 0.3) is 0 Å². The van der Waals surface area contributed by atoms with Crippen molar-refractivity contribution in [1.82, 2.24) is 5.09 Å². The van der Waals surface area contributed by atoms with E-state index in [0.717, 1.165) is 4.91 Å². The van der Waals surface area contributed by atoms with Crippen LogP contribution in [0, 0.1) is 0 Å². The van der Waals surface area contributed by atoms with E-state index in [1.807, 2.05) is 0 Å². The lowest BCUT2D eigenvalue weighted by molar-refractivity contribution is 1.08. The van der Waals surface area contributed by atoms with Crippen molar-refractivity contribution in [2.75, 3.05) is 0 Å². The first-order valence-corrected chi connectivity index (χ1v) is 15.4. The van der Waals surface area contributed by atoms with Gasteiger partial charge in [-0.05, 0) is 18.5 Å². The van der Waals surface area contributed by atoms with Crippen LogP contribution in [0.25, 0.3) is 0 Å². The Kier molecular flexibility index (Phi) is 3.90. The van der Waals surface area contributed by atoms with Gasteiger partial charge in [-0.2, -0.15) is 0 Å². The third-order valence-electron chi connectivity index (χ3n) is 3.52. The van der Waals surface area contributed by atoms with Crippen LogP contribution in [0.2, 0.25) is 39.3 Å². The average molecular weight is 296 g/mol. The summed E-state index contributed by atoms with van der Waals surface area (Å²) in [6, 6.07) is 11.0. The van der Waals surface area contributed by atoms with Crippen molar-refractivity contribution in [1.29, 1.82) is 0 Å². The number of rotatable bonds is 4. The molecule has 1 aromatic rings. The van der Waals surface area contributed by atoms with Crippen LogP contribution in [0.1, 0.15) is 11.3 Å². The minimum absolute atomic E-state index is 0.0437. The molecule has 1 saturated heterocycles. The molecule has 0 aliphatic carbocycles. The lowest BCUT2D eigenvalue weighted by atomic mass is 10.2. The van der Waals surface area contributed by atoms with Gasteiger partial charge in [-0.1, -0.05) is 69.6 Å². The smallest absolute Gasteiger partial charge is 0.0688 e. The van der Waals surface area contributed by atoms with Crippen molar-refractivity contribution in [2.45, 2.75) is 50.0 Å². The fourth-order valence-corrected chi connectivity index (χ4v) is 23.3. The van der Waals surface area contributed by atoms with E-state index < -0.39 is 16.1 Å². The van der Waals surface area contributed by atoms with Crippen molar-refractivity contribution in [3.05, 3.63) is 35.9 Å². The van der Waals surface area contributed by atoms with Crippen molar-refractivity contribution in [3.63, 3.8) is 0 Å². The molecule has 1 aliphatic heterocycles. The van der Waals surface area contributed by atoms with Crippen LogP contribution in [0.15, 0.2) is 30.3 Å². The van der Waals surface area contributed by atoms with E-state index >= 15 is 0 Å². The van der Waals surface area contributed by atoms with Gasteiger partial charge in [-0.25, -0.2) is 0 Å². The summed E-state index contributed by atoms with van der Waals surface area (Å²) in [5.41, 5.74) is 1.50. The van der Waals surface area contributed by atoms with Gasteiger partial charge >= 0.3 is 0 Å². The summed E-state index contributed by atoms with van der Waals surface area (Å²) in [4.78, 5) is 1.02. The molecular weight excluding hydrogens is 269 g/mol. The van der Waals surface area contributed by atoms with Crippen molar-refractivity contribution >= 4 is 24.2 Å². The van der Waals surface area contributed by atoms with Gasteiger partial charge in [-0.3, -0.25) is 5.09 Å². The zero-order valence-electron chi connectivity index (χ0n) is 12.5. The Morgan fingerprint density at radius 3 is 1.89 bits per heavy atom. The standard InChI is InChI=1S/C14H26NPSi2/c1-17(2,3)14(18(4,5)6)16-13(15-16)12-10-8-7-9-11-12/h7-11,13-15H,1-6H3. The topological polar surface area (TPSA) is 21.9 Å². The van der Waals surface area contributed by atoms with Gasteiger partial charge in [0.1, 0.15) is 0 Å². The highest BCUT2D eigenvalue weighted by molar-refractivity contribution is 7.69. The fourth-order valence-electron chi connectivity index (χ4n) is 3.34. The molecule has 0 aromatic heterocycles. The molecular formula is C14H26NPSi2. The maximum atomic E-state index is 3.83. The van der Waals surface area contributed by atoms with Crippen molar-refractivity contribution < 1.29 is 0 Å². The van der Waals surface area contributed by atoms with E-state index in [0.29, 0.717) is 5.78 Å². The molecule has 0 radical (unpaired) electrons. The minimum Gasteiger partial charge on any atom is -0.282 e. The number of hydrogen-bond donors (Lipinski definition) is 1. The van der Waals surface area contributed by atoms with Crippen LogP contribution in [0.5, 0.6) is 0 Å². The van der Waals surface area contributed by atoms with E-state index in [2.05, 4.69) is 74.7 Å². The van der Waals surface area contributed by atoms with Crippen molar-refractivity contribution in [3.8, 4) is 0 Å². The lowest BCUT2D eigenvalue weighted by Crippen LogP contribution is -2.51. The van der Waals surface area contributed by atoms with Gasteiger partial charge < -0.3 is 0 Å². The summed E-state index contributed by atoms with van der Waals surface area (Å²) in [5.74, 6) is 0.685. The lowest BCUT2D eigenvalue weighted by Gasteiger charge is -2.38. The first-order chi connectivity index (χ1) is 8.21. The monoisotopic (exact) mass is 295 g/mol. The first-order valence-electron chi connectivity index (χ1n) is 6.81. The zero-order valence-corrected chi connectivity index (χ0v) is 15.4. The molecule has 0 saturated carbocycles. The molecule has 1 N–H and O–H groups in total. The Hall–Kier alpha value is 0.0438. The Labute approximate surface area is 115 Å². The van der Waals surface area contributed by atoms with E-state index in [-0.39, 0.29) is 8.07 Å². The molecule has 2 unspecified atom stereocenters. The Bertz CT molecular complexity index is 394. The number of benzene rings is 1. The molecule has 1 fully saturated rings. The zero-order chi connectivity index (χ0) is 13.6. The largest absolute Gasteiger partial charge is 0.282 e. The molecule has 0 amide bonds. The molecule has 0 spiro atoms. The summed E-state index contributed by atoms with van der Waals surface area (Å²) in [5, 5.41) is 3.83. The summed E-state index contributed by atoms with van der Waals surface area (Å²) < 4.78 is 0. The molecule has 0 bridgehead atoms. The van der Waals surface area contributed by atoms with E-state index in [4.69, 9.17) is 0 Å². The number of hydrogen-bond acceptors (Lipinski definition) is 1. The SMILES string of the molecule is C[Si](C)(C)C(P1NC1c1ccccc1)[Si](C)(C)C. The molecule has 1 aromatic carbocycles. The van der Waals surface area contributed by atoms with Crippen LogP contribution in [0.4, 0.5) is 0 Å². The van der Waals surface area contributed by atoms with Crippen LogP contribution in [-0.2, 0) is 0 Å². The third kappa shape index (κ3) is 3.13.